The van der Waals surface area contributed by atoms with Crippen molar-refractivity contribution in [2.75, 3.05) is 31.1 Å². The number of H-pyrrole nitrogens is 1. The molecule has 3 aromatic heterocycles. The normalized spacial score (nSPS) is 14.8. The molecule has 8 nitrogen and oxygen atoms in total. The Morgan fingerprint density at radius 3 is 2.69 bits per heavy atom. The van der Waals surface area contributed by atoms with Crippen LogP contribution < -0.4 is 15.4 Å². The summed E-state index contributed by atoms with van der Waals surface area (Å²) in [5, 5.41) is 0.812. The number of piperazine rings is 1. The van der Waals surface area contributed by atoms with Gasteiger partial charge in [0.05, 0.1) is 11.4 Å². The maximum atomic E-state index is 14.9. The molecule has 1 aliphatic rings. The van der Waals surface area contributed by atoms with E-state index in [1.807, 2.05) is 31.3 Å². The number of nitrogens with zero attached hydrogens (tertiary/aromatic N) is 4. The van der Waals surface area contributed by atoms with Crippen molar-refractivity contribution in [2.24, 2.45) is 5.73 Å². The molecule has 5 rings (SSSR count). The number of hydrogen-bond acceptors (Lipinski definition) is 6. The van der Waals surface area contributed by atoms with Crippen molar-refractivity contribution in [1.82, 2.24) is 19.9 Å². The highest BCUT2D eigenvalue weighted by molar-refractivity contribution is 5.86. The fourth-order valence-electron chi connectivity index (χ4n) is 4.41. The van der Waals surface area contributed by atoms with E-state index in [2.05, 4.69) is 19.9 Å². The summed E-state index contributed by atoms with van der Waals surface area (Å²) in [4.78, 5) is 28.5. The van der Waals surface area contributed by atoms with Crippen LogP contribution in [-0.2, 0) is 11.2 Å². The number of carbonyl (C=O) groups is 1. The first kappa shape index (κ1) is 22.8. The lowest BCUT2D eigenvalue weighted by Gasteiger charge is -2.36. The molecule has 4 aromatic rings. The molecule has 1 saturated heterocycles. The first-order valence-corrected chi connectivity index (χ1v) is 11.6. The molecule has 1 amide bonds. The average molecular weight is 475 g/mol. The molecule has 4 heterocycles. The molecule has 3 N–H and O–H groups in total. The number of pyridine rings is 2. The molecule has 0 spiro atoms. The van der Waals surface area contributed by atoms with Gasteiger partial charge in [0.1, 0.15) is 17.2 Å². The summed E-state index contributed by atoms with van der Waals surface area (Å²) in [6.07, 6.45) is 5.45. The molecule has 0 aliphatic carbocycles. The number of rotatable bonds is 6. The summed E-state index contributed by atoms with van der Waals surface area (Å²) in [5.74, 6) is 0.892. The van der Waals surface area contributed by atoms with Crippen LogP contribution in [0.5, 0.6) is 11.5 Å². The van der Waals surface area contributed by atoms with Crippen molar-refractivity contribution in [3.05, 3.63) is 78.0 Å². The Labute approximate surface area is 202 Å². The van der Waals surface area contributed by atoms with E-state index < -0.39 is 11.9 Å². The minimum atomic E-state index is -0.745. The highest BCUT2D eigenvalue weighted by Gasteiger charge is 2.26. The average Bonchev–Trinajstić information content (AvgIpc) is 3.27. The fourth-order valence-corrected chi connectivity index (χ4v) is 4.41. The number of amides is 1. The molecule has 0 radical (unpaired) electrons. The second-order valence-corrected chi connectivity index (χ2v) is 8.68. The van der Waals surface area contributed by atoms with Crippen molar-refractivity contribution in [3.8, 4) is 11.5 Å². The van der Waals surface area contributed by atoms with Gasteiger partial charge < -0.3 is 25.3 Å². The first-order valence-electron chi connectivity index (χ1n) is 11.6. The lowest BCUT2D eigenvalue weighted by atomic mass is 10.0. The zero-order chi connectivity index (χ0) is 24.4. The SMILES string of the molecule is Cc1c[nH]c2nccc(Oc3ccc(CC(N)C(=O)N4CCN(c5ccccn5)CC4)cc3F)c12. The first-order chi connectivity index (χ1) is 17.0. The highest BCUT2D eigenvalue weighted by Crippen LogP contribution is 2.32. The molecule has 0 saturated carbocycles. The summed E-state index contributed by atoms with van der Waals surface area (Å²) in [6, 6.07) is 11.4. The summed E-state index contributed by atoms with van der Waals surface area (Å²) in [5.41, 5.74) is 8.51. The number of aromatic amines is 1. The van der Waals surface area contributed by atoms with Gasteiger partial charge in [-0.25, -0.2) is 14.4 Å². The number of aryl methyl sites for hydroxylation is 1. The van der Waals surface area contributed by atoms with E-state index in [4.69, 9.17) is 10.5 Å². The van der Waals surface area contributed by atoms with Gasteiger partial charge in [-0.3, -0.25) is 4.79 Å². The molecule has 1 unspecified atom stereocenters. The third kappa shape index (κ3) is 4.81. The van der Waals surface area contributed by atoms with Gasteiger partial charge in [0, 0.05) is 44.8 Å². The number of aromatic nitrogens is 3. The lowest BCUT2D eigenvalue weighted by molar-refractivity contribution is -0.132. The van der Waals surface area contributed by atoms with E-state index in [-0.39, 0.29) is 18.1 Å². The summed E-state index contributed by atoms with van der Waals surface area (Å²) >= 11 is 0. The zero-order valence-corrected chi connectivity index (χ0v) is 19.4. The maximum Gasteiger partial charge on any atom is 0.239 e. The Balaban J connectivity index is 1.21. The van der Waals surface area contributed by atoms with Crippen LogP contribution in [0.2, 0.25) is 0 Å². The van der Waals surface area contributed by atoms with Crippen LogP contribution in [-0.4, -0.2) is 58.0 Å². The van der Waals surface area contributed by atoms with Gasteiger partial charge in [0.15, 0.2) is 11.6 Å². The Morgan fingerprint density at radius 1 is 1.11 bits per heavy atom. The van der Waals surface area contributed by atoms with Crippen LogP contribution in [0.3, 0.4) is 0 Å². The van der Waals surface area contributed by atoms with Gasteiger partial charge in [-0.15, -0.1) is 0 Å². The van der Waals surface area contributed by atoms with Crippen LogP contribution in [0, 0.1) is 12.7 Å². The molecule has 180 valence electrons. The largest absolute Gasteiger partial charge is 0.453 e. The van der Waals surface area contributed by atoms with Gasteiger partial charge in [-0.1, -0.05) is 12.1 Å². The summed E-state index contributed by atoms with van der Waals surface area (Å²) in [6.45, 7) is 4.47. The van der Waals surface area contributed by atoms with Crippen molar-refractivity contribution >= 4 is 22.8 Å². The Bertz CT molecular complexity index is 1330. The number of benzene rings is 1. The minimum Gasteiger partial charge on any atom is -0.453 e. The van der Waals surface area contributed by atoms with E-state index >= 15 is 0 Å². The fraction of sp³-hybridized carbons (Fsp3) is 0.269. The predicted molar refractivity (Wildman–Crippen MR) is 132 cm³/mol. The molecule has 1 atom stereocenters. The van der Waals surface area contributed by atoms with Gasteiger partial charge in [-0.2, -0.15) is 0 Å². The third-order valence-corrected chi connectivity index (χ3v) is 6.29. The molecular weight excluding hydrogens is 447 g/mol. The van der Waals surface area contributed by atoms with Crippen molar-refractivity contribution in [2.45, 2.75) is 19.4 Å². The van der Waals surface area contributed by atoms with E-state index in [0.717, 1.165) is 16.8 Å². The lowest BCUT2D eigenvalue weighted by Crippen LogP contribution is -2.53. The van der Waals surface area contributed by atoms with Crippen LogP contribution in [0.25, 0.3) is 11.0 Å². The Kier molecular flexibility index (Phi) is 6.33. The molecule has 1 aliphatic heterocycles. The molecule has 1 aromatic carbocycles. The number of hydrogen-bond donors (Lipinski definition) is 2. The van der Waals surface area contributed by atoms with Crippen LogP contribution in [0.4, 0.5) is 10.2 Å². The summed E-state index contributed by atoms with van der Waals surface area (Å²) in [7, 11) is 0. The molecular formula is C26H27FN6O2. The molecule has 0 bridgehead atoms. The van der Waals surface area contributed by atoms with Gasteiger partial charge in [0.25, 0.3) is 0 Å². The summed E-state index contributed by atoms with van der Waals surface area (Å²) < 4.78 is 20.7. The number of halogens is 1. The zero-order valence-electron chi connectivity index (χ0n) is 19.4. The second kappa shape index (κ2) is 9.71. The van der Waals surface area contributed by atoms with Gasteiger partial charge in [-0.05, 0) is 54.8 Å². The number of anilines is 1. The number of fused-ring (bicyclic) bond motifs is 1. The smallest absolute Gasteiger partial charge is 0.239 e. The van der Waals surface area contributed by atoms with E-state index in [1.165, 1.54) is 6.07 Å². The monoisotopic (exact) mass is 474 g/mol. The predicted octanol–water partition coefficient (Wildman–Crippen LogP) is 3.42. The number of nitrogens with two attached hydrogens (primary N) is 1. The van der Waals surface area contributed by atoms with E-state index in [0.29, 0.717) is 43.1 Å². The Morgan fingerprint density at radius 2 is 1.94 bits per heavy atom. The second-order valence-electron chi connectivity index (χ2n) is 8.68. The topological polar surface area (TPSA) is 100 Å². The molecule has 1 fully saturated rings. The molecule has 9 heteroatoms. The maximum absolute atomic E-state index is 14.9. The minimum absolute atomic E-state index is 0.104. The van der Waals surface area contributed by atoms with Crippen molar-refractivity contribution < 1.29 is 13.9 Å². The van der Waals surface area contributed by atoms with Crippen LogP contribution >= 0.6 is 0 Å². The number of carbonyl (C=O) groups excluding carboxylic acids is 1. The molecule has 35 heavy (non-hydrogen) atoms. The Hall–Kier alpha value is -3.98. The number of nitrogens with one attached hydrogen (secondary N) is 1. The highest BCUT2D eigenvalue weighted by atomic mass is 19.1. The quantitative estimate of drug-likeness (QED) is 0.444. The van der Waals surface area contributed by atoms with Gasteiger partial charge >= 0.3 is 0 Å². The van der Waals surface area contributed by atoms with Gasteiger partial charge in [0.2, 0.25) is 5.91 Å². The third-order valence-electron chi connectivity index (χ3n) is 6.29. The van der Waals surface area contributed by atoms with Crippen molar-refractivity contribution in [1.29, 1.82) is 0 Å². The van der Waals surface area contributed by atoms with Crippen molar-refractivity contribution in [3.63, 3.8) is 0 Å². The van der Waals surface area contributed by atoms with Crippen LogP contribution in [0.1, 0.15) is 11.1 Å². The number of ether oxygens (including phenoxy) is 1. The van der Waals surface area contributed by atoms with Crippen LogP contribution in [0.15, 0.2) is 61.1 Å². The standard InChI is InChI=1S/C26H27FN6O2/c1-17-16-31-25-24(17)22(7-9-30-25)35-21-6-5-18(14-19(21)27)15-20(28)26(34)33-12-10-32(11-13-33)23-4-2-3-8-29-23/h2-9,14,16,20H,10-13,15,28H2,1H3,(H,30,31). The van der Waals surface area contributed by atoms with E-state index in [9.17, 15) is 9.18 Å². The van der Waals surface area contributed by atoms with E-state index in [1.54, 1.807) is 35.5 Å².